The number of rotatable bonds is 3. The number of hydrogen-bond acceptors (Lipinski definition) is 6. The highest BCUT2D eigenvalue weighted by Gasteiger charge is 2.22. The van der Waals surface area contributed by atoms with Gasteiger partial charge in [-0.1, -0.05) is 12.2 Å². The van der Waals surface area contributed by atoms with Crippen LogP contribution in [0.15, 0.2) is 12.4 Å². The van der Waals surface area contributed by atoms with Gasteiger partial charge in [0.05, 0.1) is 19.0 Å². The highest BCUT2D eigenvalue weighted by Crippen LogP contribution is 2.13. The Morgan fingerprint density at radius 3 is 2.55 bits per heavy atom. The molecule has 108 valence electrons. The minimum absolute atomic E-state index is 0.233. The molecule has 0 atom stereocenters. The number of amides is 1. The van der Waals surface area contributed by atoms with E-state index in [9.17, 15) is 4.79 Å². The molecular weight excluding hydrogens is 278 g/mol. The lowest BCUT2D eigenvalue weighted by Gasteiger charge is -2.34. The normalized spacial score (nSPS) is 15.1. The van der Waals surface area contributed by atoms with Gasteiger partial charge in [0.15, 0.2) is 0 Å². The Labute approximate surface area is 122 Å². The monoisotopic (exact) mass is 295 g/mol. The first kappa shape index (κ1) is 14.4. The van der Waals surface area contributed by atoms with Gasteiger partial charge in [0.2, 0.25) is 0 Å². The van der Waals surface area contributed by atoms with Crippen LogP contribution in [0.3, 0.4) is 0 Å². The number of nitrogens with zero attached hydrogens (tertiary/aromatic N) is 4. The molecule has 0 spiro atoms. The molecule has 2 heterocycles. The van der Waals surface area contributed by atoms with E-state index in [1.807, 2.05) is 0 Å². The Balaban J connectivity index is 1.93. The van der Waals surface area contributed by atoms with Gasteiger partial charge in [0, 0.05) is 26.2 Å². The summed E-state index contributed by atoms with van der Waals surface area (Å²) in [5.41, 5.74) is 5.99. The lowest BCUT2D eigenvalue weighted by Crippen LogP contribution is -2.49. The quantitative estimate of drug-likeness (QED) is 0.807. The van der Waals surface area contributed by atoms with Crippen molar-refractivity contribution in [3.63, 3.8) is 0 Å². The van der Waals surface area contributed by atoms with E-state index in [0.29, 0.717) is 38.5 Å². The first-order valence-electron chi connectivity index (χ1n) is 6.40. The molecule has 0 bridgehead atoms. The van der Waals surface area contributed by atoms with E-state index in [4.69, 9.17) is 22.7 Å². The fourth-order valence-electron chi connectivity index (χ4n) is 1.94. The van der Waals surface area contributed by atoms with Gasteiger partial charge < -0.3 is 20.3 Å². The topological polar surface area (TPSA) is 84.6 Å². The van der Waals surface area contributed by atoms with Crippen molar-refractivity contribution in [2.45, 2.75) is 6.92 Å². The van der Waals surface area contributed by atoms with E-state index in [1.54, 1.807) is 24.2 Å². The summed E-state index contributed by atoms with van der Waals surface area (Å²) >= 11 is 4.83. The molecule has 1 aromatic rings. The van der Waals surface area contributed by atoms with Crippen molar-refractivity contribution in [1.29, 1.82) is 0 Å². The number of carbonyl (C=O) groups is 1. The van der Waals surface area contributed by atoms with E-state index >= 15 is 0 Å². The SMILES string of the molecule is CCOC(=O)N1CCN(c2cnc(C(N)=S)cn2)CC1. The van der Waals surface area contributed by atoms with Crippen molar-refractivity contribution >= 4 is 29.1 Å². The number of anilines is 1. The van der Waals surface area contributed by atoms with Gasteiger partial charge in [-0.3, -0.25) is 0 Å². The van der Waals surface area contributed by atoms with Crippen molar-refractivity contribution in [2.24, 2.45) is 5.73 Å². The van der Waals surface area contributed by atoms with Crippen molar-refractivity contribution in [2.75, 3.05) is 37.7 Å². The third-order valence-corrected chi connectivity index (χ3v) is 3.23. The highest BCUT2D eigenvalue weighted by molar-refractivity contribution is 7.80. The zero-order valence-electron chi connectivity index (χ0n) is 11.3. The van der Waals surface area contributed by atoms with Gasteiger partial charge in [-0.25, -0.2) is 14.8 Å². The van der Waals surface area contributed by atoms with Gasteiger partial charge in [0.1, 0.15) is 16.5 Å². The van der Waals surface area contributed by atoms with Crippen molar-refractivity contribution < 1.29 is 9.53 Å². The van der Waals surface area contributed by atoms with E-state index in [0.717, 1.165) is 5.82 Å². The van der Waals surface area contributed by atoms with Gasteiger partial charge in [-0.15, -0.1) is 0 Å². The second-order valence-electron chi connectivity index (χ2n) is 4.30. The number of nitrogens with two attached hydrogens (primary N) is 1. The molecule has 7 nitrogen and oxygen atoms in total. The molecule has 0 aromatic carbocycles. The molecule has 8 heteroatoms. The van der Waals surface area contributed by atoms with Crippen LogP contribution in [0.2, 0.25) is 0 Å². The van der Waals surface area contributed by atoms with Crippen LogP contribution in [0.1, 0.15) is 12.6 Å². The van der Waals surface area contributed by atoms with Crippen LogP contribution >= 0.6 is 12.2 Å². The molecule has 20 heavy (non-hydrogen) atoms. The Morgan fingerprint density at radius 2 is 2.05 bits per heavy atom. The maximum Gasteiger partial charge on any atom is 0.409 e. The first-order valence-corrected chi connectivity index (χ1v) is 6.81. The molecule has 0 aliphatic carbocycles. The minimum Gasteiger partial charge on any atom is -0.450 e. The third-order valence-electron chi connectivity index (χ3n) is 3.02. The van der Waals surface area contributed by atoms with Crippen molar-refractivity contribution in [3.8, 4) is 0 Å². The average Bonchev–Trinajstić information content (AvgIpc) is 2.48. The summed E-state index contributed by atoms with van der Waals surface area (Å²) in [7, 11) is 0. The molecule has 0 saturated carbocycles. The van der Waals surface area contributed by atoms with E-state index in [2.05, 4.69) is 14.9 Å². The predicted octanol–water partition coefficient (Wildman–Crippen LogP) is 0.389. The van der Waals surface area contributed by atoms with Gasteiger partial charge in [-0.05, 0) is 6.92 Å². The predicted molar refractivity (Wildman–Crippen MR) is 78.7 cm³/mol. The molecule has 0 radical (unpaired) electrons. The lowest BCUT2D eigenvalue weighted by molar-refractivity contribution is 0.105. The van der Waals surface area contributed by atoms with Crippen LogP contribution in [-0.2, 0) is 4.74 Å². The summed E-state index contributed by atoms with van der Waals surface area (Å²) in [6, 6.07) is 0. The summed E-state index contributed by atoms with van der Waals surface area (Å²) in [6.07, 6.45) is 2.95. The van der Waals surface area contributed by atoms with Crippen LogP contribution in [0.5, 0.6) is 0 Å². The van der Waals surface area contributed by atoms with E-state index in [1.165, 1.54) is 0 Å². The van der Waals surface area contributed by atoms with E-state index < -0.39 is 0 Å². The second kappa shape index (κ2) is 6.47. The summed E-state index contributed by atoms with van der Waals surface area (Å²) in [6.45, 7) is 4.80. The first-order chi connectivity index (χ1) is 9.61. The van der Waals surface area contributed by atoms with Crippen LogP contribution in [0.4, 0.5) is 10.6 Å². The van der Waals surface area contributed by atoms with E-state index in [-0.39, 0.29) is 11.1 Å². The highest BCUT2D eigenvalue weighted by atomic mass is 32.1. The van der Waals surface area contributed by atoms with Crippen LogP contribution < -0.4 is 10.6 Å². The summed E-state index contributed by atoms with van der Waals surface area (Å²) in [5.74, 6) is 0.758. The molecular formula is C12H17N5O2S. The summed E-state index contributed by atoms with van der Waals surface area (Å²) in [5, 5.41) is 0. The number of ether oxygens (including phenoxy) is 1. The molecule has 1 amide bonds. The summed E-state index contributed by atoms with van der Waals surface area (Å²) in [4.78, 5) is 24.0. The maximum atomic E-state index is 11.6. The van der Waals surface area contributed by atoms with Crippen LogP contribution in [0, 0.1) is 0 Å². The Bertz CT molecular complexity index is 485. The molecule has 1 aliphatic heterocycles. The molecule has 2 N–H and O–H groups in total. The number of carbonyl (C=O) groups excluding carboxylic acids is 1. The third kappa shape index (κ3) is 3.32. The molecule has 1 aromatic heterocycles. The smallest absolute Gasteiger partial charge is 0.409 e. The number of thiocarbonyl (C=S) groups is 1. The molecule has 1 aliphatic rings. The fraction of sp³-hybridized carbons (Fsp3) is 0.500. The standard InChI is InChI=1S/C12H17N5O2S/c1-2-19-12(18)17-5-3-16(4-6-17)10-8-14-9(7-15-10)11(13)20/h7-8H,2-6H2,1H3,(H2,13,20). The van der Waals surface area contributed by atoms with Crippen LogP contribution in [0.25, 0.3) is 0 Å². The fourth-order valence-corrected chi connectivity index (χ4v) is 2.05. The largest absolute Gasteiger partial charge is 0.450 e. The second-order valence-corrected chi connectivity index (χ2v) is 4.74. The Kier molecular flexibility index (Phi) is 4.67. The number of piperazine rings is 1. The lowest BCUT2D eigenvalue weighted by atomic mass is 10.3. The van der Waals surface area contributed by atoms with Gasteiger partial charge >= 0.3 is 6.09 Å². The molecule has 2 rings (SSSR count). The van der Waals surface area contributed by atoms with Crippen molar-refractivity contribution in [3.05, 3.63) is 18.1 Å². The Hall–Kier alpha value is -1.96. The zero-order chi connectivity index (χ0) is 14.5. The van der Waals surface area contributed by atoms with Crippen molar-refractivity contribution in [1.82, 2.24) is 14.9 Å². The number of aromatic nitrogens is 2. The molecule has 1 saturated heterocycles. The Morgan fingerprint density at radius 1 is 1.35 bits per heavy atom. The molecule has 0 unspecified atom stereocenters. The number of hydrogen-bond donors (Lipinski definition) is 1. The van der Waals surface area contributed by atoms with Gasteiger partial charge in [-0.2, -0.15) is 0 Å². The average molecular weight is 295 g/mol. The maximum absolute atomic E-state index is 11.6. The van der Waals surface area contributed by atoms with Crippen LogP contribution in [-0.4, -0.2) is 58.7 Å². The zero-order valence-corrected chi connectivity index (χ0v) is 12.1. The minimum atomic E-state index is -0.262. The van der Waals surface area contributed by atoms with Gasteiger partial charge in [0.25, 0.3) is 0 Å². The summed E-state index contributed by atoms with van der Waals surface area (Å²) < 4.78 is 4.98. The molecule has 1 fully saturated rings.